The number of nitrogens with zero attached hydrogens (tertiary/aromatic N) is 2. The van der Waals surface area contributed by atoms with Crippen molar-refractivity contribution >= 4 is 37.8 Å². The zero-order chi connectivity index (χ0) is 13.0. The SMILES string of the molecule is O=C(CNCc1ncc(Br)cc1Br)N1CCCC1. The van der Waals surface area contributed by atoms with E-state index in [1.54, 1.807) is 6.20 Å². The lowest BCUT2D eigenvalue weighted by Crippen LogP contribution is -2.36. The molecule has 0 atom stereocenters. The van der Waals surface area contributed by atoms with Crippen molar-refractivity contribution in [2.24, 2.45) is 0 Å². The molecule has 1 N–H and O–H groups in total. The van der Waals surface area contributed by atoms with Crippen LogP contribution in [0.3, 0.4) is 0 Å². The van der Waals surface area contributed by atoms with Crippen LogP contribution >= 0.6 is 31.9 Å². The minimum Gasteiger partial charge on any atom is -0.342 e. The molecule has 2 rings (SSSR count). The number of nitrogens with one attached hydrogen (secondary N) is 1. The molecule has 1 fully saturated rings. The molecule has 1 saturated heterocycles. The zero-order valence-electron chi connectivity index (χ0n) is 9.96. The number of pyridine rings is 1. The fraction of sp³-hybridized carbons (Fsp3) is 0.500. The van der Waals surface area contributed by atoms with Crippen molar-refractivity contribution in [2.75, 3.05) is 19.6 Å². The number of halogens is 2. The highest BCUT2D eigenvalue weighted by molar-refractivity contribution is 9.11. The van der Waals surface area contributed by atoms with E-state index in [-0.39, 0.29) is 5.91 Å². The fourth-order valence-electron chi connectivity index (χ4n) is 1.94. The van der Waals surface area contributed by atoms with Crippen molar-refractivity contribution in [3.8, 4) is 0 Å². The minimum absolute atomic E-state index is 0.181. The quantitative estimate of drug-likeness (QED) is 0.876. The van der Waals surface area contributed by atoms with E-state index in [1.165, 1.54) is 0 Å². The first-order valence-electron chi connectivity index (χ1n) is 5.95. The second-order valence-electron chi connectivity index (χ2n) is 4.27. The predicted octanol–water partition coefficient (Wildman–Crippen LogP) is 2.32. The fourth-order valence-corrected chi connectivity index (χ4v) is 3.07. The Hall–Kier alpha value is -0.460. The van der Waals surface area contributed by atoms with Crippen LogP contribution < -0.4 is 5.32 Å². The first-order chi connectivity index (χ1) is 8.66. The third kappa shape index (κ3) is 3.76. The number of aromatic nitrogens is 1. The molecular formula is C12H15Br2N3O. The Balaban J connectivity index is 1.79. The average Bonchev–Trinajstić information content (AvgIpc) is 2.85. The summed E-state index contributed by atoms with van der Waals surface area (Å²) in [4.78, 5) is 18.0. The standard InChI is InChI=1S/C12H15Br2N3O/c13-9-5-10(14)11(16-6-9)7-15-8-12(18)17-3-1-2-4-17/h5-6,15H,1-4,7-8H2. The first-order valence-corrected chi connectivity index (χ1v) is 7.54. The van der Waals surface area contributed by atoms with Crippen LogP contribution in [0.25, 0.3) is 0 Å². The van der Waals surface area contributed by atoms with Gasteiger partial charge in [-0.2, -0.15) is 0 Å². The topological polar surface area (TPSA) is 45.2 Å². The van der Waals surface area contributed by atoms with Crippen LogP contribution in [0, 0.1) is 0 Å². The summed E-state index contributed by atoms with van der Waals surface area (Å²) < 4.78 is 1.88. The smallest absolute Gasteiger partial charge is 0.236 e. The van der Waals surface area contributed by atoms with Gasteiger partial charge in [0.25, 0.3) is 0 Å². The maximum absolute atomic E-state index is 11.8. The molecule has 1 aliphatic rings. The van der Waals surface area contributed by atoms with Gasteiger partial charge in [0.15, 0.2) is 0 Å². The molecule has 0 radical (unpaired) electrons. The lowest BCUT2D eigenvalue weighted by molar-refractivity contribution is -0.129. The number of likely N-dealkylation sites (tertiary alicyclic amines) is 1. The van der Waals surface area contributed by atoms with Crippen LogP contribution in [0.4, 0.5) is 0 Å². The molecule has 0 spiro atoms. The summed E-state index contributed by atoms with van der Waals surface area (Å²) >= 11 is 6.81. The Kier molecular flexibility index (Phi) is 5.14. The van der Waals surface area contributed by atoms with Gasteiger partial charge in [0.1, 0.15) is 0 Å². The summed E-state index contributed by atoms with van der Waals surface area (Å²) in [6, 6.07) is 1.95. The lowest BCUT2D eigenvalue weighted by Gasteiger charge is -2.15. The second kappa shape index (κ2) is 6.63. The summed E-state index contributed by atoms with van der Waals surface area (Å²) in [5.74, 6) is 0.181. The Labute approximate surface area is 123 Å². The van der Waals surface area contributed by atoms with Gasteiger partial charge in [0.05, 0.1) is 12.2 Å². The molecule has 4 nitrogen and oxygen atoms in total. The van der Waals surface area contributed by atoms with E-state index >= 15 is 0 Å². The Morgan fingerprint density at radius 1 is 1.39 bits per heavy atom. The van der Waals surface area contributed by atoms with Crippen molar-refractivity contribution in [2.45, 2.75) is 19.4 Å². The van der Waals surface area contributed by atoms with Gasteiger partial charge in [-0.15, -0.1) is 0 Å². The van der Waals surface area contributed by atoms with E-state index in [2.05, 4.69) is 42.2 Å². The van der Waals surface area contributed by atoms with Crippen LogP contribution in [0.2, 0.25) is 0 Å². The second-order valence-corrected chi connectivity index (χ2v) is 6.04. The van der Waals surface area contributed by atoms with Gasteiger partial charge in [-0.05, 0) is 50.8 Å². The van der Waals surface area contributed by atoms with E-state index in [4.69, 9.17) is 0 Å². The van der Waals surface area contributed by atoms with Crippen molar-refractivity contribution in [3.05, 3.63) is 26.9 Å². The van der Waals surface area contributed by atoms with Crippen molar-refractivity contribution in [1.29, 1.82) is 0 Å². The van der Waals surface area contributed by atoms with Gasteiger partial charge in [-0.1, -0.05) is 0 Å². The molecule has 0 aliphatic carbocycles. The average molecular weight is 377 g/mol. The van der Waals surface area contributed by atoms with E-state index in [9.17, 15) is 4.79 Å². The van der Waals surface area contributed by atoms with Gasteiger partial charge in [0.2, 0.25) is 5.91 Å². The molecule has 0 bridgehead atoms. The molecule has 2 heterocycles. The third-order valence-electron chi connectivity index (χ3n) is 2.91. The summed E-state index contributed by atoms with van der Waals surface area (Å²) in [6.07, 6.45) is 4.02. The Bertz CT molecular complexity index is 433. The van der Waals surface area contributed by atoms with E-state index in [0.29, 0.717) is 13.1 Å². The zero-order valence-corrected chi connectivity index (χ0v) is 13.1. The molecule has 0 unspecified atom stereocenters. The number of amides is 1. The van der Waals surface area contributed by atoms with Crippen LogP contribution in [0.5, 0.6) is 0 Å². The summed E-state index contributed by atoms with van der Waals surface area (Å²) in [7, 11) is 0. The maximum atomic E-state index is 11.8. The van der Waals surface area contributed by atoms with Crippen LogP contribution in [-0.2, 0) is 11.3 Å². The van der Waals surface area contributed by atoms with Gasteiger partial charge in [-0.3, -0.25) is 9.78 Å². The molecule has 0 aromatic carbocycles. The molecule has 1 aromatic heterocycles. The molecule has 1 amide bonds. The predicted molar refractivity (Wildman–Crippen MR) is 77.2 cm³/mol. The van der Waals surface area contributed by atoms with Crippen LogP contribution in [-0.4, -0.2) is 35.4 Å². The molecule has 1 aromatic rings. The van der Waals surface area contributed by atoms with Gasteiger partial charge in [-0.25, -0.2) is 0 Å². The van der Waals surface area contributed by atoms with E-state index in [0.717, 1.165) is 40.6 Å². The van der Waals surface area contributed by atoms with Crippen molar-refractivity contribution < 1.29 is 4.79 Å². The van der Waals surface area contributed by atoms with Gasteiger partial charge >= 0.3 is 0 Å². The van der Waals surface area contributed by atoms with Gasteiger partial charge < -0.3 is 10.2 Å². The summed E-state index contributed by atoms with van der Waals surface area (Å²) in [6.45, 7) is 2.78. The largest absolute Gasteiger partial charge is 0.342 e. The van der Waals surface area contributed by atoms with Gasteiger partial charge in [0, 0.05) is 34.8 Å². The first kappa shape index (κ1) is 14.0. The van der Waals surface area contributed by atoms with Crippen molar-refractivity contribution in [1.82, 2.24) is 15.2 Å². The highest BCUT2D eigenvalue weighted by Crippen LogP contribution is 2.19. The normalized spacial score (nSPS) is 15.1. The lowest BCUT2D eigenvalue weighted by atomic mass is 10.3. The highest BCUT2D eigenvalue weighted by atomic mass is 79.9. The number of rotatable bonds is 4. The monoisotopic (exact) mass is 375 g/mol. The molecule has 1 aliphatic heterocycles. The molecule has 0 saturated carbocycles. The number of carbonyl (C=O) groups is 1. The maximum Gasteiger partial charge on any atom is 0.236 e. The van der Waals surface area contributed by atoms with E-state index < -0.39 is 0 Å². The summed E-state index contributed by atoms with van der Waals surface area (Å²) in [5, 5.41) is 3.14. The van der Waals surface area contributed by atoms with Crippen LogP contribution in [0.15, 0.2) is 21.2 Å². The van der Waals surface area contributed by atoms with Crippen LogP contribution in [0.1, 0.15) is 18.5 Å². The number of hydrogen-bond acceptors (Lipinski definition) is 3. The summed E-state index contributed by atoms with van der Waals surface area (Å²) in [5.41, 5.74) is 0.910. The highest BCUT2D eigenvalue weighted by Gasteiger charge is 2.17. The number of hydrogen-bond donors (Lipinski definition) is 1. The molecule has 98 valence electrons. The Morgan fingerprint density at radius 2 is 2.11 bits per heavy atom. The molecule has 6 heteroatoms. The van der Waals surface area contributed by atoms with Crippen molar-refractivity contribution in [3.63, 3.8) is 0 Å². The third-order valence-corrected chi connectivity index (χ3v) is 4.03. The molecule has 18 heavy (non-hydrogen) atoms. The Morgan fingerprint density at radius 3 is 2.78 bits per heavy atom. The number of carbonyl (C=O) groups excluding carboxylic acids is 1. The van der Waals surface area contributed by atoms with E-state index in [1.807, 2.05) is 11.0 Å². The molecular weight excluding hydrogens is 362 g/mol. The minimum atomic E-state index is 0.181.